The smallest absolute Gasteiger partial charge is 0.252 e. The Balaban J connectivity index is 1.81. The third-order valence-corrected chi connectivity index (χ3v) is 4.72. The first kappa shape index (κ1) is 21.5. The molecule has 0 aliphatic carbocycles. The van der Waals surface area contributed by atoms with Gasteiger partial charge in [0.2, 0.25) is 0 Å². The number of pyridine rings is 1. The molecule has 1 aromatic heterocycles. The van der Waals surface area contributed by atoms with E-state index in [1.54, 1.807) is 39.3 Å². The van der Waals surface area contributed by atoms with Crippen LogP contribution in [0.1, 0.15) is 34.6 Å². The van der Waals surface area contributed by atoms with E-state index >= 15 is 0 Å². The fraction of sp³-hybridized carbons (Fsp3) is 0.304. The molecule has 6 nitrogen and oxygen atoms in total. The van der Waals surface area contributed by atoms with E-state index in [1.165, 1.54) is 12.1 Å². The second-order valence-corrected chi connectivity index (χ2v) is 6.92. The van der Waals surface area contributed by atoms with Gasteiger partial charge >= 0.3 is 0 Å². The highest BCUT2D eigenvalue weighted by Crippen LogP contribution is 2.30. The lowest BCUT2D eigenvalue weighted by atomic mass is 10.0. The summed E-state index contributed by atoms with van der Waals surface area (Å²) in [6.45, 7) is 4.54. The van der Waals surface area contributed by atoms with Gasteiger partial charge in [0, 0.05) is 24.3 Å². The number of methoxy groups -OCH3 is 2. The number of carbonyl (C=O) groups excluding carboxylic acids is 1. The normalized spacial score (nSPS) is 11.9. The van der Waals surface area contributed by atoms with Crippen LogP contribution in [0.5, 0.6) is 11.5 Å². The fourth-order valence-corrected chi connectivity index (χ4v) is 3.19. The number of aromatic nitrogens is 1. The summed E-state index contributed by atoms with van der Waals surface area (Å²) in [5.41, 5.74) is 2.41. The Morgan fingerprint density at radius 2 is 1.90 bits per heavy atom. The number of nitrogens with one attached hydrogen (secondary N) is 1. The van der Waals surface area contributed by atoms with Crippen LogP contribution in [0.3, 0.4) is 0 Å². The van der Waals surface area contributed by atoms with Gasteiger partial charge in [-0.25, -0.2) is 4.39 Å². The van der Waals surface area contributed by atoms with E-state index in [0.29, 0.717) is 46.9 Å². The van der Waals surface area contributed by atoms with Gasteiger partial charge < -0.3 is 19.5 Å². The summed E-state index contributed by atoms with van der Waals surface area (Å²) >= 11 is 0. The molecule has 158 valence electrons. The van der Waals surface area contributed by atoms with Gasteiger partial charge in [-0.15, -0.1) is 0 Å². The zero-order chi connectivity index (χ0) is 21.7. The monoisotopic (exact) mass is 412 g/mol. The molecule has 0 fully saturated rings. The van der Waals surface area contributed by atoms with Crippen LogP contribution in [-0.4, -0.2) is 38.3 Å². The number of rotatable bonds is 8. The van der Waals surface area contributed by atoms with Crippen molar-refractivity contribution in [1.82, 2.24) is 10.3 Å². The number of hydrogen-bond donors (Lipinski definition) is 1. The number of aryl methyl sites for hydroxylation is 1. The molecule has 7 heteroatoms. The molecule has 3 rings (SSSR count). The maximum absolute atomic E-state index is 13.6. The highest BCUT2D eigenvalue weighted by molar-refractivity contribution is 6.06. The number of benzene rings is 2. The minimum atomic E-state index is -0.389. The molecule has 30 heavy (non-hydrogen) atoms. The van der Waals surface area contributed by atoms with Crippen molar-refractivity contribution in [1.29, 1.82) is 0 Å². The largest absolute Gasteiger partial charge is 0.493 e. The quantitative estimate of drug-likeness (QED) is 0.562. The maximum atomic E-state index is 13.6. The molecule has 2 aromatic carbocycles. The van der Waals surface area contributed by atoms with Crippen LogP contribution < -0.4 is 14.8 Å². The number of halogens is 1. The van der Waals surface area contributed by atoms with Gasteiger partial charge in [-0.2, -0.15) is 0 Å². The van der Waals surface area contributed by atoms with Crippen molar-refractivity contribution in [3.05, 3.63) is 65.1 Å². The van der Waals surface area contributed by atoms with Gasteiger partial charge in [-0.1, -0.05) is 6.07 Å². The topological polar surface area (TPSA) is 69.7 Å². The van der Waals surface area contributed by atoms with Crippen molar-refractivity contribution in [2.24, 2.45) is 0 Å². The Morgan fingerprint density at radius 3 is 2.63 bits per heavy atom. The molecule has 0 saturated heterocycles. The second kappa shape index (κ2) is 9.54. The molecule has 0 spiro atoms. The first-order valence-electron chi connectivity index (χ1n) is 9.60. The van der Waals surface area contributed by atoms with Crippen LogP contribution in [0.25, 0.3) is 10.9 Å². The third kappa shape index (κ3) is 4.86. The highest BCUT2D eigenvalue weighted by Gasteiger charge is 2.17. The summed E-state index contributed by atoms with van der Waals surface area (Å²) in [5.74, 6) is 0.532. The maximum Gasteiger partial charge on any atom is 0.252 e. The van der Waals surface area contributed by atoms with Crippen molar-refractivity contribution in [3.63, 3.8) is 0 Å². The predicted molar refractivity (Wildman–Crippen MR) is 113 cm³/mol. The molecule has 0 aliphatic heterocycles. The zero-order valence-corrected chi connectivity index (χ0v) is 17.5. The molecule has 1 amide bonds. The number of amides is 1. The average molecular weight is 412 g/mol. The second-order valence-electron chi connectivity index (χ2n) is 6.92. The van der Waals surface area contributed by atoms with E-state index in [1.807, 2.05) is 19.1 Å². The van der Waals surface area contributed by atoms with Gasteiger partial charge in [0.15, 0.2) is 11.5 Å². The van der Waals surface area contributed by atoms with Crippen molar-refractivity contribution in [3.8, 4) is 11.5 Å². The van der Waals surface area contributed by atoms with E-state index in [0.717, 1.165) is 5.56 Å². The van der Waals surface area contributed by atoms with E-state index in [-0.39, 0.29) is 17.8 Å². The molecule has 0 aliphatic rings. The van der Waals surface area contributed by atoms with Gasteiger partial charge in [0.1, 0.15) is 12.4 Å². The Morgan fingerprint density at radius 1 is 1.10 bits per heavy atom. The van der Waals surface area contributed by atoms with Crippen LogP contribution in [-0.2, 0) is 4.74 Å². The van der Waals surface area contributed by atoms with Crippen molar-refractivity contribution in [2.45, 2.75) is 19.9 Å². The molecular weight excluding hydrogens is 387 g/mol. The number of carbonyl (C=O) groups is 1. The van der Waals surface area contributed by atoms with Gasteiger partial charge in [-0.05, 0) is 49.7 Å². The van der Waals surface area contributed by atoms with E-state index < -0.39 is 0 Å². The first-order chi connectivity index (χ1) is 14.4. The molecule has 0 bridgehead atoms. The predicted octanol–water partition coefficient (Wildman–Crippen LogP) is 4.21. The zero-order valence-electron chi connectivity index (χ0n) is 17.5. The van der Waals surface area contributed by atoms with Crippen LogP contribution >= 0.6 is 0 Å². The molecule has 1 atom stereocenters. The number of fused-ring (bicyclic) bond motifs is 1. The summed E-state index contributed by atoms with van der Waals surface area (Å²) in [6.07, 6.45) is 0. The van der Waals surface area contributed by atoms with Crippen molar-refractivity contribution in [2.75, 3.05) is 27.4 Å². The molecule has 0 radical (unpaired) electrons. The molecule has 1 N–H and O–H groups in total. The lowest BCUT2D eigenvalue weighted by molar-refractivity contribution is 0.0941. The number of nitrogens with zero attached hydrogens (tertiary/aromatic N) is 1. The van der Waals surface area contributed by atoms with Crippen molar-refractivity contribution >= 4 is 16.8 Å². The average Bonchev–Trinajstić information content (AvgIpc) is 2.73. The highest BCUT2D eigenvalue weighted by atomic mass is 19.1. The van der Waals surface area contributed by atoms with Crippen LogP contribution in [0.4, 0.5) is 4.39 Å². The van der Waals surface area contributed by atoms with E-state index in [2.05, 4.69) is 10.3 Å². The summed E-state index contributed by atoms with van der Waals surface area (Å²) in [6, 6.07) is 11.2. The minimum absolute atomic E-state index is 0.260. The standard InChI is InChI=1S/C23H25FN2O4/c1-14-11-19(18-7-6-17(24)13-20(18)25-14)23(27)26-15(2)16-5-8-21(22(12-16)29-4)30-10-9-28-3/h5-8,11-13,15H,9-10H2,1-4H3,(H,26,27). The molecule has 1 unspecified atom stereocenters. The van der Waals surface area contributed by atoms with Gasteiger partial charge in [0.25, 0.3) is 5.91 Å². The Kier molecular flexibility index (Phi) is 6.84. The van der Waals surface area contributed by atoms with Gasteiger partial charge in [-0.3, -0.25) is 9.78 Å². The van der Waals surface area contributed by atoms with Crippen molar-refractivity contribution < 1.29 is 23.4 Å². The Labute approximate surface area is 175 Å². The summed E-state index contributed by atoms with van der Waals surface area (Å²) in [5, 5.41) is 3.60. The number of hydrogen-bond acceptors (Lipinski definition) is 5. The number of ether oxygens (including phenoxy) is 3. The molecular formula is C23H25FN2O4. The first-order valence-corrected chi connectivity index (χ1v) is 9.60. The van der Waals surface area contributed by atoms with Crippen LogP contribution in [0.2, 0.25) is 0 Å². The minimum Gasteiger partial charge on any atom is -0.493 e. The molecule has 1 heterocycles. The van der Waals surface area contributed by atoms with Crippen LogP contribution in [0.15, 0.2) is 42.5 Å². The summed E-state index contributed by atoms with van der Waals surface area (Å²) < 4.78 is 29.6. The summed E-state index contributed by atoms with van der Waals surface area (Å²) in [7, 11) is 3.18. The SMILES string of the molecule is COCCOc1ccc(C(C)NC(=O)c2cc(C)nc3cc(F)ccc23)cc1OC. The molecule has 3 aromatic rings. The lowest BCUT2D eigenvalue weighted by Gasteiger charge is -2.18. The molecule has 0 saturated carbocycles. The Hall–Kier alpha value is -3.19. The van der Waals surface area contributed by atoms with E-state index in [9.17, 15) is 9.18 Å². The van der Waals surface area contributed by atoms with Gasteiger partial charge in [0.05, 0.1) is 30.8 Å². The van der Waals surface area contributed by atoms with Crippen LogP contribution in [0, 0.1) is 12.7 Å². The fourth-order valence-electron chi connectivity index (χ4n) is 3.19. The Bertz CT molecular complexity index is 1050. The lowest BCUT2D eigenvalue weighted by Crippen LogP contribution is -2.27. The van der Waals surface area contributed by atoms with E-state index in [4.69, 9.17) is 14.2 Å². The third-order valence-electron chi connectivity index (χ3n) is 4.72. The summed E-state index contributed by atoms with van der Waals surface area (Å²) in [4.78, 5) is 17.3.